The second kappa shape index (κ2) is 4.39. The Morgan fingerprint density at radius 3 is 2.15 bits per heavy atom. The summed E-state index contributed by atoms with van der Waals surface area (Å²) in [5.74, 6) is 0. The van der Waals surface area contributed by atoms with Gasteiger partial charge >= 0.3 is 0 Å². The van der Waals surface area contributed by atoms with E-state index in [9.17, 15) is 8.42 Å². The molecule has 0 radical (unpaired) electrons. The Labute approximate surface area is 79.8 Å². The molecule has 4 nitrogen and oxygen atoms in total. The van der Waals surface area contributed by atoms with Gasteiger partial charge in [0.2, 0.25) is 0 Å². The van der Waals surface area contributed by atoms with Crippen LogP contribution in [0.25, 0.3) is 0 Å². The Balaban J connectivity index is 2.33. The van der Waals surface area contributed by atoms with Crippen LogP contribution in [0.4, 0.5) is 0 Å². The van der Waals surface area contributed by atoms with Gasteiger partial charge in [-0.15, -0.1) is 0 Å². The zero-order valence-electron chi connectivity index (χ0n) is 8.12. The highest BCUT2D eigenvalue weighted by Crippen LogP contribution is 2.21. The van der Waals surface area contributed by atoms with Gasteiger partial charge in [0.25, 0.3) is 10.1 Å². The van der Waals surface area contributed by atoms with Crippen molar-refractivity contribution in [3.63, 3.8) is 0 Å². The van der Waals surface area contributed by atoms with Gasteiger partial charge in [-0.05, 0) is 32.7 Å². The molecule has 13 heavy (non-hydrogen) atoms. The summed E-state index contributed by atoms with van der Waals surface area (Å²) >= 11 is 0. The van der Waals surface area contributed by atoms with Crippen molar-refractivity contribution in [2.45, 2.75) is 37.8 Å². The minimum Gasteiger partial charge on any atom is -0.317 e. The molecule has 0 unspecified atom stereocenters. The third kappa shape index (κ3) is 4.06. The zero-order chi connectivity index (χ0) is 9.90. The molecule has 0 aliphatic heterocycles. The van der Waals surface area contributed by atoms with Crippen molar-refractivity contribution >= 4 is 10.1 Å². The van der Waals surface area contributed by atoms with E-state index >= 15 is 0 Å². The second-order valence-corrected chi connectivity index (χ2v) is 5.16. The summed E-state index contributed by atoms with van der Waals surface area (Å²) in [6.45, 7) is 0. The van der Waals surface area contributed by atoms with Crippen LogP contribution in [0, 0.1) is 0 Å². The number of hydrogen-bond donors (Lipinski definition) is 1. The maximum absolute atomic E-state index is 10.8. The van der Waals surface area contributed by atoms with Gasteiger partial charge in [-0.2, -0.15) is 8.42 Å². The molecule has 0 spiro atoms. The van der Waals surface area contributed by atoms with Crippen LogP contribution in [-0.2, 0) is 14.3 Å². The lowest BCUT2D eigenvalue weighted by Crippen LogP contribution is -2.33. The predicted octanol–water partition coefficient (Wildman–Crippen LogP) is 0.493. The molecule has 0 bridgehead atoms. The van der Waals surface area contributed by atoms with Crippen LogP contribution in [0.1, 0.15) is 25.7 Å². The largest absolute Gasteiger partial charge is 0.317 e. The lowest BCUT2D eigenvalue weighted by molar-refractivity contribution is 0.149. The highest BCUT2D eigenvalue weighted by molar-refractivity contribution is 7.86. The molecule has 0 atom stereocenters. The van der Waals surface area contributed by atoms with Gasteiger partial charge in [0, 0.05) is 6.04 Å². The monoisotopic (exact) mass is 207 g/mol. The molecule has 0 aromatic carbocycles. The van der Waals surface area contributed by atoms with Gasteiger partial charge < -0.3 is 5.32 Å². The third-order valence-corrected chi connectivity index (χ3v) is 3.02. The number of hydrogen-bond acceptors (Lipinski definition) is 4. The van der Waals surface area contributed by atoms with Crippen molar-refractivity contribution in [3.8, 4) is 0 Å². The van der Waals surface area contributed by atoms with Crippen molar-refractivity contribution in [2.75, 3.05) is 13.3 Å². The molecule has 1 aliphatic rings. The Bertz CT molecular complexity index is 242. The molecule has 1 N–H and O–H groups in total. The van der Waals surface area contributed by atoms with Gasteiger partial charge in [-0.3, -0.25) is 4.18 Å². The molecule has 1 aliphatic carbocycles. The van der Waals surface area contributed by atoms with Gasteiger partial charge in [0.1, 0.15) is 0 Å². The highest BCUT2D eigenvalue weighted by Gasteiger charge is 2.23. The summed E-state index contributed by atoms with van der Waals surface area (Å²) in [6, 6.07) is 0.527. The van der Waals surface area contributed by atoms with E-state index in [1.807, 2.05) is 7.05 Å². The molecule has 1 fully saturated rings. The molecule has 5 heteroatoms. The summed E-state index contributed by atoms with van der Waals surface area (Å²) < 4.78 is 26.5. The van der Waals surface area contributed by atoms with E-state index in [-0.39, 0.29) is 6.10 Å². The van der Waals surface area contributed by atoms with E-state index in [1.54, 1.807) is 0 Å². The van der Waals surface area contributed by atoms with Crippen LogP contribution in [0.5, 0.6) is 0 Å². The van der Waals surface area contributed by atoms with Gasteiger partial charge in [-0.1, -0.05) is 0 Å². The minimum absolute atomic E-state index is 0.0976. The summed E-state index contributed by atoms with van der Waals surface area (Å²) in [4.78, 5) is 0. The average Bonchev–Trinajstić information content (AvgIpc) is 2.03. The van der Waals surface area contributed by atoms with E-state index in [2.05, 4.69) is 5.32 Å². The van der Waals surface area contributed by atoms with Crippen LogP contribution in [0.15, 0.2) is 0 Å². The molecular weight excluding hydrogens is 190 g/mol. The highest BCUT2D eigenvalue weighted by atomic mass is 32.2. The Morgan fingerprint density at radius 1 is 1.23 bits per heavy atom. The Morgan fingerprint density at radius 2 is 1.77 bits per heavy atom. The molecule has 0 aromatic rings. The van der Waals surface area contributed by atoms with Crippen molar-refractivity contribution in [1.29, 1.82) is 0 Å². The first-order chi connectivity index (χ1) is 6.01. The summed E-state index contributed by atoms with van der Waals surface area (Å²) in [6.07, 6.45) is 4.67. The molecular formula is C8H17NO3S. The van der Waals surface area contributed by atoms with E-state index in [0.29, 0.717) is 6.04 Å². The molecule has 1 rings (SSSR count). The van der Waals surface area contributed by atoms with Gasteiger partial charge in [0.05, 0.1) is 12.4 Å². The molecule has 78 valence electrons. The maximum Gasteiger partial charge on any atom is 0.264 e. The van der Waals surface area contributed by atoms with Crippen LogP contribution in [-0.4, -0.2) is 33.9 Å². The normalized spacial score (nSPS) is 30.3. The van der Waals surface area contributed by atoms with Gasteiger partial charge in [0.15, 0.2) is 0 Å². The number of nitrogens with one attached hydrogen (secondary N) is 1. The quantitative estimate of drug-likeness (QED) is 0.684. The Kier molecular flexibility index (Phi) is 3.70. The average molecular weight is 207 g/mol. The molecule has 0 heterocycles. The minimum atomic E-state index is -3.27. The van der Waals surface area contributed by atoms with Gasteiger partial charge in [-0.25, -0.2) is 0 Å². The fourth-order valence-electron chi connectivity index (χ4n) is 1.69. The predicted molar refractivity (Wildman–Crippen MR) is 51.0 cm³/mol. The van der Waals surface area contributed by atoms with Crippen LogP contribution in [0.3, 0.4) is 0 Å². The lowest BCUT2D eigenvalue weighted by atomic mass is 9.93. The summed E-state index contributed by atoms with van der Waals surface area (Å²) in [5.41, 5.74) is 0. The lowest BCUT2D eigenvalue weighted by Gasteiger charge is -2.27. The molecule has 0 saturated heterocycles. The molecule has 0 amide bonds. The molecule has 1 saturated carbocycles. The SMILES string of the molecule is CNC1CCC(OS(C)(=O)=O)CC1. The van der Waals surface area contributed by atoms with Crippen LogP contribution < -0.4 is 5.32 Å². The smallest absolute Gasteiger partial charge is 0.264 e. The van der Waals surface area contributed by atoms with E-state index in [1.165, 1.54) is 0 Å². The summed E-state index contributed by atoms with van der Waals surface area (Å²) in [5, 5.41) is 3.18. The van der Waals surface area contributed by atoms with Crippen LogP contribution in [0.2, 0.25) is 0 Å². The third-order valence-electron chi connectivity index (χ3n) is 2.39. The van der Waals surface area contributed by atoms with Crippen molar-refractivity contribution in [1.82, 2.24) is 5.32 Å². The first-order valence-electron chi connectivity index (χ1n) is 4.57. The van der Waals surface area contributed by atoms with Crippen molar-refractivity contribution in [2.24, 2.45) is 0 Å². The maximum atomic E-state index is 10.8. The van der Waals surface area contributed by atoms with Crippen molar-refractivity contribution < 1.29 is 12.6 Å². The zero-order valence-corrected chi connectivity index (χ0v) is 8.93. The molecule has 0 aromatic heterocycles. The second-order valence-electron chi connectivity index (χ2n) is 3.56. The topological polar surface area (TPSA) is 55.4 Å². The standard InChI is InChI=1S/C8H17NO3S/c1-9-7-3-5-8(6-4-7)12-13(2,10)11/h7-9H,3-6H2,1-2H3. The van der Waals surface area contributed by atoms with E-state index < -0.39 is 10.1 Å². The Hall–Kier alpha value is -0.130. The first-order valence-corrected chi connectivity index (χ1v) is 6.38. The first kappa shape index (κ1) is 10.9. The van der Waals surface area contributed by atoms with E-state index in [0.717, 1.165) is 31.9 Å². The van der Waals surface area contributed by atoms with Crippen LogP contribution >= 0.6 is 0 Å². The van der Waals surface area contributed by atoms with Crippen molar-refractivity contribution in [3.05, 3.63) is 0 Å². The van der Waals surface area contributed by atoms with E-state index in [4.69, 9.17) is 4.18 Å². The number of rotatable bonds is 3. The fourth-order valence-corrected chi connectivity index (χ4v) is 2.38. The fraction of sp³-hybridized carbons (Fsp3) is 1.00. The summed E-state index contributed by atoms with van der Waals surface area (Å²) in [7, 11) is -1.34.